The number of rotatable bonds is 4. The molecule has 7 nitrogen and oxygen atoms in total. The number of hydrogen-bond acceptors (Lipinski definition) is 6. The van der Waals surface area contributed by atoms with Crippen molar-refractivity contribution < 1.29 is 9.47 Å². The normalized spacial score (nSPS) is 10.4. The molecule has 0 saturated carbocycles. The average Bonchev–Trinajstić information content (AvgIpc) is 2.76. The van der Waals surface area contributed by atoms with Gasteiger partial charge < -0.3 is 15.2 Å². The SMILES string of the molecule is CCOc1cc(N)c(-c2nnn(C)n2)cc1OC. The summed E-state index contributed by atoms with van der Waals surface area (Å²) in [5.41, 5.74) is 7.15. The van der Waals surface area contributed by atoms with E-state index < -0.39 is 0 Å². The fourth-order valence-electron chi connectivity index (χ4n) is 1.59. The van der Waals surface area contributed by atoms with E-state index in [1.54, 1.807) is 26.3 Å². The minimum Gasteiger partial charge on any atom is -0.493 e. The Hall–Kier alpha value is -2.31. The number of hydrogen-bond donors (Lipinski definition) is 1. The highest BCUT2D eigenvalue weighted by Crippen LogP contribution is 2.35. The molecule has 2 aromatic rings. The van der Waals surface area contributed by atoms with Crippen LogP contribution in [0, 0.1) is 0 Å². The molecule has 0 aliphatic rings. The molecule has 96 valence electrons. The summed E-state index contributed by atoms with van der Waals surface area (Å²) < 4.78 is 10.7. The van der Waals surface area contributed by atoms with Gasteiger partial charge in [-0.2, -0.15) is 4.80 Å². The minimum atomic E-state index is 0.455. The van der Waals surface area contributed by atoms with Gasteiger partial charge in [0.1, 0.15) is 0 Å². The van der Waals surface area contributed by atoms with Gasteiger partial charge in [0.15, 0.2) is 11.5 Å². The summed E-state index contributed by atoms with van der Waals surface area (Å²) in [5, 5.41) is 11.8. The summed E-state index contributed by atoms with van der Waals surface area (Å²) >= 11 is 0. The lowest BCUT2D eigenvalue weighted by atomic mass is 10.1. The van der Waals surface area contributed by atoms with E-state index in [1.807, 2.05) is 6.92 Å². The molecule has 0 amide bonds. The zero-order valence-electron chi connectivity index (χ0n) is 10.5. The van der Waals surface area contributed by atoms with E-state index >= 15 is 0 Å². The molecule has 0 aliphatic carbocycles. The van der Waals surface area contributed by atoms with Gasteiger partial charge in [-0.05, 0) is 18.2 Å². The van der Waals surface area contributed by atoms with Crippen molar-refractivity contribution in [1.29, 1.82) is 0 Å². The molecule has 7 heteroatoms. The Morgan fingerprint density at radius 2 is 2.11 bits per heavy atom. The Morgan fingerprint density at radius 1 is 1.33 bits per heavy atom. The van der Waals surface area contributed by atoms with E-state index in [0.29, 0.717) is 35.2 Å². The number of anilines is 1. The summed E-state index contributed by atoms with van der Waals surface area (Å²) in [6.07, 6.45) is 0. The molecule has 0 spiro atoms. The van der Waals surface area contributed by atoms with E-state index in [1.165, 1.54) is 4.80 Å². The van der Waals surface area contributed by atoms with Gasteiger partial charge in [-0.15, -0.1) is 10.2 Å². The van der Waals surface area contributed by atoms with Crippen molar-refractivity contribution in [3.8, 4) is 22.9 Å². The number of ether oxygens (including phenoxy) is 2. The third-order valence-corrected chi connectivity index (χ3v) is 2.38. The first kappa shape index (κ1) is 12.2. The van der Waals surface area contributed by atoms with Gasteiger partial charge in [0, 0.05) is 17.3 Å². The minimum absolute atomic E-state index is 0.455. The quantitative estimate of drug-likeness (QED) is 0.809. The van der Waals surface area contributed by atoms with Crippen LogP contribution in [-0.4, -0.2) is 33.9 Å². The summed E-state index contributed by atoms with van der Waals surface area (Å²) in [6.45, 7) is 2.44. The lowest BCUT2D eigenvalue weighted by Crippen LogP contribution is -1.99. The first-order valence-electron chi connectivity index (χ1n) is 5.50. The van der Waals surface area contributed by atoms with Gasteiger partial charge in [0.05, 0.1) is 20.8 Å². The van der Waals surface area contributed by atoms with Crippen LogP contribution in [0.2, 0.25) is 0 Å². The fourth-order valence-corrected chi connectivity index (χ4v) is 1.59. The topological polar surface area (TPSA) is 88.1 Å². The number of tetrazole rings is 1. The monoisotopic (exact) mass is 249 g/mol. The first-order chi connectivity index (χ1) is 8.65. The van der Waals surface area contributed by atoms with Crippen LogP contribution in [0.3, 0.4) is 0 Å². The lowest BCUT2D eigenvalue weighted by Gasteiger charge is -2.11. The predicted octanol–water partition coefficient (Wildman–Crippen LogP) is 0.867. The molecular weight excluding hydrogens is 234 g/mol. The van der Waals surface area contributed by atoms with E-state index in [0.717, 1.165) is 0 Å². The summed E-state index contributed by atoms with van der Waals surface area (Å²) in [5.74, 6) is 1.65. The molecule has 0 radical (unpaired) electrons. The van der Waals surface area contributed by atoms with E-state index in [-0.39, 0.29) is 0 Å². The molecule has 0 bridgehead atoms. The molecular formula is C11H15N5O2. The number of nitrogens with two attached hydrogens (primary N) is 1. The summed E-state index contributed by atoms with van der Waals surface area (Å²) in [6, 6.07) is 3.45. The number of benzene rings is 1. The molecule has 1 aromatic heterocycles. The molecule has 1 heterocycles. The molecule has 0 aliphatic heterocycles. The third kappa shape index (κ3) is 2.20. The van der Waals surface area contributed by atoms with Crippen molar-refractivity contribution in [3.63, 3.8) is 0 Å². The summed E-state index contributed by atoms with van der Waals surface area (Å²) in [7, 11) is 3.26. The lowest BCUT2D eigenvalue weighted by molar-refractivity contribution is 0.311. The number of nitrogens with zero attached hydrogens (tertiary/aromatic N) is 4. The Labute approximate surface area is 104 Å². The van der Waals surface area contributed by atoms with Crippen molar-refractivity contribution in [2.24, 2.45) is 7.05 Å². The van der Waals surface area contributed by atoms with Gasteiger partial charge in [-0.3, -0.25) is 0 Å². The second-order valence-electron chi connectivity index (χ2n) is 3.63. The Kier molecular flexibility index (Phi) is 3.31. The highest BCUT2D eigenvalue weighted by atomic mass is 16.5. The molecule has 18 heavy (non-hydrogen) atoms. The van der Waals surface area contributed by atoms with Crippen LogP contribution in [0.25, 0.3) is 11.4 Å². The standard InChI is InChI=1S/C11H15N5O2/c1-4-18-10-6-8(12)7(5-9(10)17-3)11-13-15-16(2)14-11/h5-6H,4,12H2,1-3H3. The van der Waals surface area contributed by atoms with Crippen LogP contribution in [0.1, 0.15) is 6.92 Å². The maximum absolute atomic E-state index is 5.96. The van der Waals surface area contributed by atoms with Crippen LogP contribution in [-0.2, 0) is 7.05 Å². The highest BCUT2D eigenvalue weighted by molar-refractivity contribution is 5.75. The van der Waals surface area contributed by atoms with Gasteiger partial charge >= 0.3 is 0 Å². The highest BCUT2D eigenvalue weighted by Gasteiger charge is 2.14. The van der Waals surface area contributed by atoms with Gasteiger partial charge in [0.2, 0.25) is 5.82 Å². The van der Waals surface area contributed by atoms with Crippen LogP contribution < -0.4 is 15.2 Å². The van der Waals surface area contributed by atoms with Gasteiger partial charge in [0.25, 0.3) is 0 Å². The first-order valence-corrected chi connectivity index (χ1v) is 5.50. The second-order valence-corrected chi connectivity index (χ2v) is 3.63. The molecule has 0 unspecified atom stereocenters. The molecule has 0 saturated heterocycles. The van der Waals surface area contributed by atoms with Crippen LogP contribution in [0.4, 0.5) is 5.69 Å². The summed E-state index contributed by atoms with van der Waals surface area (Å²) in [4.78, 5) is 1.37. The van der Waals surface area contributed by atoms with Crippen molar-refractivity contribution in [2.75, 3.05) is 19.5 Å². The van der Waals surface area contributed by atoms with Crippen molar-refractivity contribution in [1.82, 2.24) is 20.2 Å². The second kappa shape index (κ2) is 4.91. The molecule has 0 fully saturated rings. The zero-order valence-corrected chi connectivity index (χ0v) is 10.5. The maximum Gasteiger partial charge on any atom is 0.207 e. The number of methoxy groups -OCH3 is 1. The smallest absolute Gasteiger partial charge is 0.207 e. The van der Waals surface area contributed by atoms with Crippen LogP contribution in [0.5, 0.6) is 11.5 Å². The van der Waals surface area contributed by atoms with Crippen LogP contribution in [0.15, 0.2) is 12.1 Å². The number of aromatic nitrogens is 4. The van der Waals surface area contributed by atoms with Gasteiger partial charge in [-0.1, -0.05) is 0 Å². The van der Waals surface area contributed by atoms with Crippen molar-refractivity contribution in [2.45, 2.75) is 6.92 Å². The molecule has 2 rings (SSSR count). The fraction of sp³-hybridized carbons (Fsp3) is 0.364. The molecule has 2 N–H and O–H groups in total. The van der Waals surface area contributed by atoms with E-state index in [4.69, 9.17) is 15.2 Å². The van der Waals surface area contributed by atoms with E-state index in [9.17, 15) is 0 Å². The van der Waals surface area contributed by atoms with E-state index in [2.05, 4.69) is 15.4 Å². The van der Waals surface area contributed by atoms with Gasteiger partial charge in [-0.25, -0.2) is 0 Å². The van der Waals surface area contributed by atoms with Crippen molar-refractivity contribution in [3.05, 3.63) is 12.1 Å². The Bertz CT molecular complexity index is 552. The Morgan fingerprint density at radius 3 is 2.67 bits per heavy atom. The third-order valence-electron chi connectivity index (χ3n) is 2.38. The molecule has 1 aromatic carbocycles. The average molecular weight is 249 g/mol. The van der Waals surface area contributed by atoms with Crippen molar-refractivity contribution >= 4 is 5.69 Å². The predicted molar refractivity (Wildman–Crippen MR) is 66.4 cm³/mol. The molecule has 0 atom stereocenters. The maximum atomic E-state index is 5.96. The number of nitrogen functional groups attached to an aromatic ring is 1. The van der Waals surface area contributed by atoms with Crippen LogP contribution >= 0.6 is 0 Å². The number of aryl methyl sites for hydroxylation is 1. The zero-order chi connectivity index (χ0) is 13.1. The Balaban J connectivity index is 2.49. The largest absolute Gasteiger partial charge is 0.493 e.